The summed E-state index contributed by atoms with van der Waals surface area (Å²) >= 11 is 0. The normalized spacial score (nSPS) is 14.2. The van der Waals surface area contributed by atoms with Gasteiger partial charge in [-0.15, -0.1) is 0 Å². The lowest BCUT2D eigenvalue weighted by Crippen LogP contribution is -2.02. The minimum Gasteiger partial charge on any atom is -0.476 e. The second kappa shape index (κ2) is 5.05. The molecule has 0 N–H and O–H groups in total. The van der Waals surface area contributed by atoms with Crippen LogP contribution >= 0.6 is 0 Å². The molecular weight excluding hydrogens is 262 g/mol. The maximum Gasteiger partial charge on any atom is 0.216 e. The summed E-state index contributed by atoms with van der Waals surface area (Å²) in [5.41, 5.74) is 4.47. The molecule has 0 saturated carbocycles. The number of benzene rings is 2. The Morgan fingerprint density at radius 2 is 1.90 bits per heavy atom. The molecule has 3 aromatic rings. The number of imidazole rings is 1. The SMILES string of the molecule is c1ccc2c(c1)ncn2Cc1ccc(C2=NCCO2)cc1. The third-order valence-corrected chi connectivity index (χ3v) is 3.67. The van der Waals surface area contributed by atoms with Gasteiger partial charge in [0.25, 0.3) is 0 Å². The number of para-hydroxylation sites is 2. The molecule has 4 nitrogen and oxygen atoms in total. The predicted molar refractivity (Wildman–Crippen MR) is 82.6 cm³/mol. The van der Waals surface area contributed by atoms with Gasteiger partial charge < -0.3 is 9.30 Å². The maximum atomic E-state index is 5.48. The molecule has 2 aromatic carbocycles. The van der Waals surface area contributed by atoms with Crippen LogP contribution in [-0.4, -0.2) is 28.6 Å². The monoisotopic (exact) mass is 277 g/mol. The molecule has 1 aromatic heterocycles. The van der Waals surface area contributed by atoms with Gasteiger partial charge >= 0.3 is 0 Å². The second-order valence-corrected chi connectivity index (χ2v) is 5.09. The van der Waals surface area contributed by atoms with E-state index >= 15 is 0 Å². The van der Waals surface area contributed by atoms with Gasteiger partial charge in [-0.05, 0) is 29.8 Å². The summed E-state index contributed by atoms with van der Waals surface area (Å²) < 4.78 is 7.64. The van der Waals surface area contributed by atoms with Crippen molar-refractivity contribution in [3.8, 4) is 0 Å². The first-order chi connectivity index (χ1) is 10.4. The van der Waals surface area contributed by atoms with E-state index in [1.807, 2.05) is 24.5 Å². The van der Waals surface area contributed by atoms with Gasteiger partial charge in [0.15, 0.2) is 0 Å². The highest BCUT2D eigenvalue weighted by Crippen LogP contribution is 2.15. The Morgan fingerprint density at radius 3 is 2.71 bits per heavy atom. The Morgan fingerprint density at radius 1 is 1.05 bits per heavy atom. The molecule has 4 rings (SSSR count). The molecular formula is C17H15N3O. The van der Waals surface area contributed by atoms with E-state index in [-0.39, 0.29) is 0 Å². The Kier molecular flexibility index (Phi) is 2.92. The van der Waals surface area contributed by atoms with E-state index in [0.717, 1.165) is 35.6 Å². The van der Waals surface area contributed by atoms with Crippen molar-refractivity contribution >= 4 is 16.9 Å². The molecule has 1 aliphatic rings. The number of fused-ring (bicyclic) bond motifs is 1. The maximum absolute atomic E-state index is 5.48. The van der Waals surface area contributed by atoms with Gasteiger partial charge in [-0.1, -0.05) is 24.3 Å². The molecule has 0 radical (unpaired) electrons. The van der Waals surface area contributed by atoms with Crippen LogP contribution in [0.5, 0.6) is 0 Å². The lowest BCUT2D eigenvalue weighted by atomic mass is 10.1. The van der Waals surface area contributed by atoms with Crippen LogP contribution in [0, 0.1) is 0 Å². The van der Waals surface area contributed by atoms with Crippen molar-refractivity contribution in [2.75, 3.05) is 13.2 Å². The molecule has 0 amide bonds. The zero-order valence-electron chi connectivity index (χ0n) is 11.6. The van der Waals surface area contributed by atoms with Crippen molar-refractivity contribution in [1.29, 1.82) is 0 Å². The van der Waals surface area contributed by atoms with Gasteiger partial charge in [0, 0.05) is 12.1 Å². The quantitative estimate of drug-likeness (QED) is 0.738. The first kappa shape index (κ1) is 12.1. The van der Waals surface area contributed by atoms with Gasteiger partial charge in [0.2, 0.25) is 5.90 Å². The van der Waals surface area contributed by atoms with Crippen molar-refractivity contribution in [3.63, 3.8) is 0 Å². The zero-order chi connectivity index (χ0) is 14.1. The largest absolute Gasteiger partial charge is 0.476 e. The third kappa shape index (κ3) is 2.29. The number of aliphatic imine (C=N–C) groups is 1. The number of hydrogen-bond donors (Lipinski definition) is 0. The van der Waals surface area contributed by atoms with E-state index in [0.29, 0.717) is 6.61 Å². The highest BCUT2D eigenvalue weighted by molar-refractivity contribution is 5.94. The fraction of sp³-hybridized carbons (Fsp3) is 0.176. The smallest absolute Gasteiger partial charge is 0.216 e. The molecule has 4 heteroatoms. The van der Waals surface area contributed by atoms with Crippen LogP contribution in [0.15, 0.2) is 59.9 Å². The summed E-state index contributed by atoms with van der Waals surface area (Å²) in [7, 11) is 0. The molecule has 0 aliphatic carbocycles. The average molecular weight is 277 g/mol. The molecule has 0 atom stereocenters. The van der Waals surface area contributed by atoms with Crippen molar-refractivity contribution in [3.05, 3.63) is 66.0 Å². The number of hydrogen-bond acceptors (Lipinski definition) is 3. The molecule has 0 bridgehead atoms. The third-order valence-electron chi connectivity index (χ3n) is 3.67. The van der Waals surface area contributed by atoms with E-state index in [9.17, 15) is 0 Å². The molecule has 104 valence electrons. The van der Waals surface area contributed by atoms with E-state index in [1.165, 1.54) is 5.56 Å². The Labute approximate surface area is 122 Å². The average Bonchev–Trinajstić information content (AvgIpc) is 3.19. The van der Waals surface area contributed by atoms with Crippen LogP contribution in [0.1, 0.15) is 11.1 Å². The van der Waals surface area contributed by atoms with Gasteiger partial charge in [0.1, 0.15) is 6.61 Å². The van der Waals surface area contributed by atoms with E-state index in [4.69, 9.17) is 4.74 Å². The minimum absolute atomic E-state index is 0.693. The van der Waals surface area contributed by atoms with Gasteiger partial charge in [0.05, 0.1) is 23.9 Å². The van der Waals surface area contributed by atoms with Crippen LogP contribution in [-0.2, 0) is 11.3 Å². The first-order valence-corrected chi connectivity index (χ1v) is 7.06. The number of rotatable bonds is 3. The predicted octanol–water partition coefficient (Wildman–Crippen LogP) is 2.86. The topological polar surface area (TPSA) is 39.4 Å². The van der Waals surface area contributed by atoms with E-state index < -0.39 is 0 Å². The number of ether oxygens (including phenoxy) is 1. The van der Waals surface area contributed by atoms with Crippen molar-refractivity contribution in [2.24, 2.45) is 4.99 Å². The molecule has 0 fully saturated rings. The van der Waals surface area contributed by atoms with Crippen LogP contribution < -0.4 is 0 Å². The molecule has 2 heterocycles. The zero-order valence-corrected chi connectivity index (χ0v) is 11.6. The van der Waals surface area contributed by atoms with Crippen molar-refractivity contribution in [2.45, 2.75) is 6.54 Å². The summed E-state index contributed by atoms with van der Waals surface area (Å²) in [6.45, 7) is 2.27. The first-order valence-electron chi connectivity index (χ1n) is 7.06. The highest BCUT2D eigenvalue weighted by Gasteiger charge is 2.10. The molecule has 1 aliphatic heterocycles. The van der Waals surface area contributed by atoms with Crippen LogP contribution in [0.4, 0.5) is 0 Å². The summed E-state index contributed by atoms with van der Waals surface area (Å²) in [4.78, 5) is 8.75. The Hall–Kier alpha value is -2.62. The van der Waals surface area contributed by atoms with Crippen molar-refractivity contribution in [1.82, 2.24) is 9.55 Å². The lowest BCUT2D eigenvalue weighted by molar-refractivity contribution is 0.348. The lowest BCUT2D eigenvalue weighted by Gasteiger charge is -2.06. The summed E-state index contributed by atoms with van der Waals surface area (Å²) in [5.74, 6) is 0.759. The Balaban J connectivity index is 1.59. The molecule has 0 unspecified atom stereocenters. The Bertz CT molecular complexity index is 802. The fourth-order valence-electron chi connectivity index (χ4n) is 2.60. The van der Waals surface area contributed by atoms with Crippen LogP contribution in [0.2, 0.25) is 0 Å². The van der Waals surface area contributed by atoms with Gasteiger partial charge in [-0.2, -0.15) is 0 Å². The highest BCUT2D eigenvalue weighted by atomic mass is 16.5. The fourth-order valence-corrected chi connectivity index (χ4v) is 2.60. The molecule has 21 heavy (non-hydrogen) atoms. The van der Waals surface area contributed by atoms with E-state index in [1.54, 1.807) is 0 Å². The van der Waals surface area contributed by atoms with Gasteiger partial charge in [-0.3, -0.25) is 0 Å². The second-order valence-electron chi connectivity index (χ2n) is 5.09. The van der Waals surface area contributed by atoms with Gasteiger partial charge in [-0.25, -0.2) is 9.98 Å². The summed E-state index contributed by atoms with van der Waals surface area (Å²) in [6, 6.07) is 16.6. The molecule has 0 saturated heterocycles. The van der Waals surface area contributed by atoms with E-state index in [2.05, 4.69) is 44.9 Å². The number of aromatic nitrogens is 2. The van der Waals surface area contributed by atoms with Crippen LogP contribution in [0.3, 0.4) is 0 Å². The standard InChI is InChI=1S/C17H15N3O/c1-2-4-16-15(3-1)19-12-20(16)11-13-5-7-14(8-6-13)17-18-9-10-21-17/h1-8,12H,9-11H2. The van der Waals surface area contributed by atoms with Crippen molar-refractivity contribution < 1.29 is 4.74 Å². The summed E-state index contributed by atoms with van der Waals surface area (Å²) in [5, 5.41) is 0. The number of nitrogens with zero attached hydrogens (tertiary/aromatic N) is 3. The molecule has 0 spiro atoms. The van der Waals surface area contributed by atoms with Crippen LogP contribution in [0.25, 0.3) is 11.0 Å². The minimum atomic E-state index is 0.693. The summed E-state index contributed by atoms with van der Waals surface area (Å²) in [6.07, 6.45) is 1.89.